The Kier molecular flexibility index (Phi) is 5.11. The first-order chi connectivity index (χ1) is 8.40. The summed E-state index contributed by atoms with van der Waals surface area (Å²) < 4.78 is 31.4. The van der Waals surface area contributed by atoms with E-state index in [1.807, 2.05) is 6.07 Å². The van der Waals surface area contributed by atoms with E-state index in [-0.39, 0.29) is 28.1 Å². The number of benzene rings is 1. The highest BCUT2D eigenvalue weighted by Crippen LogP contribution is 2.22. The Morgan fingerprint density at radius 2 is 2.22 bits per heavy atom. The molecule has 5 nitrogen and oxygen atoms in total. The predicted molar refractivity (Wildman–Crippen MR) is 67.8 cm³/mol. The third-order valence-electron chi connectivity index (χ3n) is 2.12. The van der Waals surface area contributed by atoms with E-state index < -0.39 is 10.0 Å². The SMILES string of the molecule is COCC(C)NS(=O)(=O)c1cc(C#N)ccc1Cl. The third kappa shape index (κ3) is 3.68. The van der Waals surface area contributed by atoms with Gasteiger partial charge >= 0.3 is 0 Å². The molecule has 98 valence electrons. The molecule has 0 spiro atoms. The number of methoxy groups -OCH3 is 1. The molecule has 0 radical (unpaired) electrons. The predicted octanol–water partition coefficient (Wildman–Crippen LogP) is 1.52. The molecule has 0 aliphatic rings. The number of nitrogens with zero attached hydrogens (tertiary/aromatic N) is 1. The molecule has 18 heavy (non-hydrogen) atoms. The quantitative estimate of drug-likeness (QED) is 0.891. The Balaban J connectivity index is 3.09. The molecule has 1 atom stereocenters. The first-order valence-corrected chi connectivity index (χ1v) is 6.97. The Bertz CT molecular complexity index is 566. The van der Waals surface area contributed by atoms with Gasteiger partial charge in [-0.05, 0) is 25.1 Å². The second-order valence-corrected chi connectivity index (χ2v) is 5.82. The summed E-state index contributed by atoms with van der Waals surface area (Å²) in [4.78, 5) is -0.105. The molecular weight excluding hydrogens is 276 g/mol. The standard InChI is InChI=1S/C11H13ClN2O3S/c1-8(7-17-2)14-18(15,16)11-5-9(6-13)3-4-10(11)12/h3-5,8,14H,7H2,1-2H3. The molecule has 0 amide bonds. The first-order valence-electron chi connectivity index (χ1n) is 5.11. The van der Waals surface area contributed by atoms with Crippen LogP contribution in [0.25, 0.3) is 0 Å². The van der Waals surface area contributed by atoms with E-state index in [0.29, 0.717) is 0 Å². The van der Waals surface area contributed by atoms with Crippen LogP contribution in [0.3, 0.4) is 0 Å². The van der Waals surface area contributed by atoms with Crippen LogP contribution in [0.15, 0.2) is 23.1 Å². The van der Waals surface area contributed by atoms with Crippen molar-refractivity contribution in [2.24, 2.45) is 0 Å². The highest BCUT2D eigenvalue weighted by molar-refractivity contribution is 7.89. The Hall–Kier alpha value is -1.13. The molecule has 1 aromatic rings. The topological polar surface area (TPSA) is 79.2 Å². The fourth-order valence-corrected chi connectivity index (χ4v) is 3.15. The average Bonchev–Trinajstić information content (AvgIpc) is 2.29. The van der Waals surface area contributed by atoms with Gasteiger partial charge in [0.05, 0.1) is 23.3 Å². The Labute approximate surface area is 111 Å². The van der Waals surface area contributed by atoms with Crippen LogP contribution in [0.1, 0.15) is 12.5 Å². The van der Waals surface area contributed by atoms with Crippen molar-refractivity contribution in [3.05, 3.63) is 28.8 Å². The summed E-state index contributed by atoms with van der Waals surface area (Å²) in [6.45, 7) is 1.91. The van der Waals surface area contributed by atoms with Gasteiger partial charge in [0.2, 0.25) is 10.0 Å². The molecule has 1 N–H and O–H groups in total. The van der Waals surface area contributed by atoms with E-state index in [4.69, 9.17) is 21.6 Å². The second-order valence-electron chi connectivity index (χ2n) is 3.73. The largest absolute Gasteiger partial charge is 0.383 e. The van der Waals surface area contributed by atoms with Crippen molar-refractivity contribution in [1.29, 1.82) is 5.26 Å². The van der Waals surface area contributed by atoms with Crippen LogP contribution >= 0.6 is 11.6 Å². The molecule has 0 fully saturated rings. The monoisotopic (exact) mass is 288 g/mol. The van der Waals surface area contributed by atoms with Gasteiger partial charge in [-0.2, -0.15) is 5.26 Å². The molecule has 0 bridgehead atoms. The van der Waals surface area contributed by atoms with Crippen LogP contribution in [0.2, 0.25) is 5.02 Å². The second kappa shape index (κ2) is 6.16. The Morgan fingerprint density at radius 1 is 1.56 bits per heavy atom. The number of rotatable bonds is 5. The van der Waals surface area contributed by atoms with Crippen molar-refractivity contribution in [3.63, 3.8) is 0 Å². The summed E-state index contributed by atoms with van der Waals surface area (Å²) in [7, 11) is -2.28. The van der Waals surface area contributed by atoms with Crippen LogP contribution in [-0.4, -0.2) is 28.2 Å². The van der Waals surface area contributed by atoms with E-state index in [0.717, 1.165) is 0 Å². The fraction of sp³-hybridized carbons (Fsp3) is 0.364. The van der Waals surface area contributed by atoms with Gasteiger partial charge in [0.15, 0.2) is 0 Å². The summed E-state index contributed by atoms with van der Waals surface area (Å²) >= 11 is 5.84. The van der Waals surface area contributed by atoms with Crippen molar-refractivity contribution >= 4 is 21.6 Å². The van der Waals surface area contributed by atoms with Crippen molar-refractivity contribution in [1.82, 2.24) is 4.72 Å². The number of ether oxygens (including phenoxy) is 1. The molecule has 1 unspecified atom stereocenters. The molecule has 1 aromatic carbocycles. The van der Waals surface area contributed by atoms with Gasteiger partial charge in [0.1, 0.15) is 4.90 Å². The molecule has 0 aliphatic heterocycles. The highest BCUT2D eigenvalue weighted by Gasteiger charge is 2.20. The van der Waals surface area contributed by atoms with Crippen LogP contribution in [0.4, 0.5) is 0 Å². The van der Waals surface area contributed by atoms with Gasteiger partial charge in [0.25, 0.3) is 0 Å². The molecular formula is C11H13ClN2O3S. The van der Waals surface area contributed by atoms with Crippen molar-refractivity contribution in [2.45, 2.75) is 17.9 Å². The summed E-state index contributed by atoms with van der Waals surface area (Å²) in [6.07, 6.45) is 0. The van der Waals surface area contributed by atoms with Gasteiger partial charge in [-0.15, -0.1) is 0 Å². The number of nitrogens with one attached hydrogen (secondary N) is 1. The summed E-state index contributed by atoms with van der Waals surface area (Å²) in [5.74, 6) is 0. The smallest absolute Gasteiger partial charge is 0.242 e. The zero-order valence-corrected chi connectivity index (χ0v) is 11.5. The summed E-state index contributed by atoms with van der Waals surface area (Å²) in [6, 6.07) is 5.57. The lowest BCUT2D eigenvalue weighted by atomic mass is 10.2. The molecule has 7 heteroatoms. The van der Waals surface area contributed by atoms with Crippen molar-refractivity contribution in [3.8, 4) is 6.07 Å². The minimum absolute atomic E-state index is 0.0751. The molecule has 0 saturated carbocycles. The minimum atomic E-state index is -3.76. The van der Waals surface area contributed by atoms with E-state index in [2.05, 4.69) is 4.72 Å². The van der Waals surface area contributed by atoms with E-state index in [1.54, 1.807) is 6.92 Å². The average molecular weight is 289 g/mol. The maximum Gasteiger partial charge on any atom is 0.242 e. The number of hydrogen-bond donors (Lipinski definition) is 1. The van der Waals surface area contributed by atoms with Gasteiger partial charge in [-0.3, -0.25) is 0 Å². The lowest BCUT2D eigenvalue weighted by Gasteiger charge is -2.14. The number of halogens is 1. The van der Waals surface area contributed by atoms with Crippen molar-refractivity contribution in [2.75, 3.05) is 13.7 Å². The molecule has 0 aliphatic carbocycles. The fourth-order valence-electron chi connectivity index (χ4n) is 1.39. The number of hydrogen-bond acceptors (Lipinski definition) is 4. The lowest BCUT2D eigenvalue weighted by Crippen LogP contribution is -2.35. The van der Waals surface area contributed by atoms with Crippen LogP contribution < -0.4 is 4.72 Å². The maximum atomic E-state index is 12.0. The summed E-state index contributed by atoms with van der Waals surface area (Å²) in [5, 5.41) is 8.83. The zero-order chi connectivity index (χ0) is 13.8. The molecule has 0 aromatic heterocycles. The van der Waals surface area contributed by atoms with E-state index >= 15 is 0 Å². The van der Waals surface area contributed by atoms with Crippen molar-refractivity contribution < 1.29 is 13.2 Å². The first kappa shape index (κ1) is 14.9. The van der Waals surface area contributed by atoms with Crippen LogP contribution in [0.5, 0.6) is 0 Å². The number of nitriles is 1. The van der Waals surface area contributed by atoms with Gasteiger partial charge in [-0.25, -0.2) is 13.1 Å². The summed E-state index contributed by atoms with van der Waals surface area (Å²) in [5.41, 5.74) is 0.235. The van der Waals surface area contributed by atoms with E-state index in [1.165, 1.54) is 25.3 Å². The number of sulfonamides is 1. The lowest BCUT2D eigenvalue weighted by molar-refractivity contribution is 0.180. The highest BCUT2D eigenvalue weighted by atomic mass is 35.5. The normalized spacial score (nSPS) is 13.0. The Morgan fingerprint density at radius 3 is 2.78 bits per heavy atom. The minimum Gasteiger partial charge on any atom is -0.383 e. The van der Waals surface area contributed by atoms with Crippen LogP contribution in [0, 0.1) is 11.3 Å². The van der Waals surface area contributed by atoms with Crippen LogP contribution in [-0.2, 0) is 14.8 Å². The van der Waals surface area contributed by atoms with E-state index in [9.17, 15) is 8.42 Å². The van der Waals surface area contributed by atoms with Gasteiger partial charge in [0, 0.05) is 13.2 Å². The van der Waals surface area contributed by atoms with Gasteiger partial charge < -0.3 is 4.74 Å². The molecule has 0 heterocycles. The third-order valence-corrected chi connectivity index (χ3v) is 4.19. The zero-order valence-electron chi connectivity index (χ0n) is 9.97. The molecule has 1 rings (SSSR count). The maximum absolute atomic E-state index is 12.0. The van der Waals surface area contributed by atoms with Gasteiger partial charge in [-0.1, -0.05) is 11.6 Å². The molecule has 0 saturated heterocycles.